The zero-order valence-electron chi connectivity index (χ0n) is 28.6. The van der Waals surface area contributed by atoms with E-state index in [-0.39, 0.29) is 54.8 Å². The van der Waals surface area contributed by atoms with Crippen molar-refractivity contribution >= 4 is 48.0 Å². The Balaban J connectivity index is 1.43. The van der Waals surface area contributed by atoms with Gasteiger partial charge >= 0.3 is 0 Å². The number of carbonyl (C=O) groups excluding carboxylic acids is 3. The van der Waals surface area contributed by atoms with Crippen LogP contribution < -0.4 is 25.9 Å². The van der Waals surface area contributed by atoms with E-state index in [9.17, 15) is 19.5 Å². The largest absolute Gasteiger partial charge is 0.497 e. The lowest BCUT2D eigenvalue weighted by Crippen LogP contribution is -2.52. The Labute approximate surface area is 288 Å². The first-order valence-corrected chi connectivity index (χ1v) is 20.0. The molecular formula is C38H46N4O6Si. The highest BCUT2D eigenvalue weighted by molar-refractivity contribution is 6.91. The Hall–Kier alpha value is -4.45. The fraction of sp³-hybridized carbons (Fsp3) is 0.395. The summed E-state index contributed by atoms with van der Waals surface area (Å²) < 4.78 is 12.6. The van der Waals surface area contributed by atoms with Crippen molar-refractivity contribution in [3.05, 3.63) is 90.5 Å². The summed E-state index contributed by atoms with van der Waals surface area (Å²) in [5.41, 5.74) is 7.18. The number of benzene rings is 3. The van der Waals surface area contributed by atoms with E-state index in [1.807, 2.05) is 24.3 Å². The molecule has 11 heteroatoms. The predicted molar refractivity (Wildman–Crippen MR) is 194 cm³/mol. The van der Waals surface area contributed by atoms with Crippen LogP contribution in [0.15, 0.2) is 79.4 Å². The maximum Gasteiger partial charge on any atom is 0.264 e. The highest BCUT2D eigenvalue weighted by Crippen LogP contribution is 2.60. The van der Waals surface area contributed by atoms with Crippen LogP contribution in [0, 0.1) is 5.92 Å². The fourth-order valence-electron chi connectivity index (χ4n) is 8.38. The quantitative estimate of drug-likeness (QED) is 0.161. The van der Waals surface area contributed by atoms with Gasteiger partial charge in [0, 0.05) is 41.5 Å². The van der Waals surface area contributed by atoms with Crippen LogP contribution in [0.4, 0.5) is 17.1 Å². The molecule has 10 nitrogen and oxygen atoms in total. The van der Waals surface area contributed by atoms with Crippen LogP contribution in [0.5, 0.6) is 5.75 Å². The number of nitrogens with two attached hydrogens (primary N) is 1. The molecule has 1 spiro atoms. The van der Waals surface area contributed by atoms with Gasteiger partial charge in [0.2, 0.25) is 5.91 Å². The number of ether oxygens (including phenoxy) is 2. The zero-order valence-corrected chi connectivity index (χ0v) is 29.6. The van der Waals surface area contributed by atoms with Crippen LogP contribution in [-0.2, 0) is 19.9 Å². The minimum absolute atomic E-state index is 0.0755. The monoisotopic (exact) mass is 682 g/mol. The molecule has 0 bridgehead atoms. The van der Waals surface area contributed by atoms with Crippen molar-refractivity contribution in [1.82, 2.24) is 4.90 Å². The molecule has 3 heterocycles. The summed E-state index contributed by atoms with van der Waals surface area (Å²) >= 11 is 0. The third-order valence-electron chi connectivity index (χ3n) is 10.9. The van der Waals surface area contributed by atoms with Gasteiger partial charge in [0.15, 0.2) is 5.60 Å². The van der Waals surface area contributed by atoms with Crippen molar-refractivity contribution in [1.29, 1.82) is 0 Å². The van der Waals surface area contributed by atoms with Crippen LogP contribution in [0.1, 0.15) is 42.1 Å². The number of nitrogens with zero attached hydrogens (tertiary/aromatic N) is 2. The van der Waals surface area contributed by atoms with E-state index in [0.29, 0.717) is 34.7 Å². The van der Waals surface area contributed by atoms with E-state index >= 15 is 0 Å². The lowest BCUT2D eigenvalue weighted by Gasteiger charge is -2.37. The van der Waals surface area contributed by atoms with Crippen molar-refractivity contribution in [3.63, 3.8) is 0 Å². The first-order valence-electron chi connectivity index (χ1n) is 16.9. The van der Waals surface area contributed by atoms with E-state index in [0.717, 1.165) is 23.8 Å². The van der Waals surface area contributed by atoms with Crippen molar-refractivity contribution in [2.24, 2.45) is 5.92 Å². The van der Waals surface area contributed by atoms with E-state index in [4.69, 9.17) is 15.2 Å². The second-order valence-electron chi connectivity index (χ2n) is 13.9. The Kier molecular flexibility index (Phi) is 9.45. The van der Waals surface area contributed by atoms with E-state index in [2.05, 4.69) is 44.0 Å². The van der Waals surface area contributed by atoms with Gasteiger partial charge in [-0.1, -0.05) is 43.4 Å². The predicted octanol–water partition coefficient (Wildman–Crippen LogP) is 4.65. The highest BCUT2D eigenvalue weighted by Gasteiger charge is 2.66. The van der Waals surface area contributed by atoms with Gasteiger partial charge in [-0.25, -0.2) is 0 Å². The third-order valence-corrected chi connectivity index (χ3v) is 15.2. The number of aliphatic hydroxyl groups is 1. The van der Waals surface area contributed by atoms with Crippen molar-refractivity contribution < 1.29 is 29.0 Å². The summed E-state index contributed by atoms with van der Waals surface area (Å²) in [6.45, 7) is 11.3. The van der Waals surface area contributed by atoms with Gasteiger partial charge in [0.1, 0.15) is 5.75 Å². The number of hydrogen-bond donors (Lipinski definition) is 3. The first kappa shape index (κ1) is 34.4. The van der Waals surface area contributed by atoms with Gasteiger partial charge in [-0.2, -0.15) is 0 Å². The molecule has 3 aliphatic heterocycles. The maximum atomic E-state index is 14.8. The molecule has 49 heavy (non-hydrogen) atoms. The molecule has 3 aliphatic rings. The number of amides is 3. The minimum atomic E-state index is -2.48. The molecule has 4 N–H and O–H groups in total. The molecule has 2 saturated heterocycles. The molecule has 3 amide bonds. The van der Waals surface area contributed by atoms with Crippen LogP contribution in [0.3, 0.4) is 0 Å². The van der Waals surface area contributed by atoms with Gasteiger partial charge in [0.25, 0.3) is 11.8 Å². The number of hydrogen-bond acceptors (Lipinski definition) is 7. The number of nitrogens with one attached hydrogen (secondary N) is 1. The fourth-order valence-corrected chi connectivity index (χ4v) is 12.4. The number of nitrogen functional groups attached to an aromatic ring is 1. The Morgan fingerprint density at radius 1 is 1.14 bits per heavy atom. The first-order chi connectivity index (χ1) is 23.5. The summed E-state index contributed by atoms with van der Waals surface area (Å²) in [4.78, 5) is 45.4. The highest BCUT2D eigenvalue weighted by atomic mass is 28.3. The topological polar surface area (TPSA) is 134 Å². The Morgan fingerprint density at radius 2 is 1.86 bits per heavy atom. The molecule has 6 rings (SSSR count). The summed E-state index contributed by atoms with van der Waals surface area (Å²) in [6, 6.07) is 20.0. The van der Waals surface area contributed by atoms with Gasteiger partial charge in [-0.3, -0.25) is 14.4 Å². The normalized spacial score (nSPS) is 24.7. The van der Waals surface area contributed by atoms with Crippen LogP contribution in [0.2, 0.25) is 18.6 Å². The number of methoxy groups -OCH3 is 1. The number of rotatable bonds is 10. The summed E-state index contributed by atoms with van der Waals surface area (Å²) in [5.74, 6) is -0.158. The number of carbonyl (C=O) groups is 3. The average Bonchev–Trinajstić information content (AvgIpc) is 3.76. The lowest BCUT2D eigenvalue weighted by atomic mass is 9.82. The molecule has 0 radical (unpaired) electrons. The number of likely N-dealkylation sites (tertiary alicyclic amines) is 1. The second kappa shape index (κ2) is 13.5. The molecule has 258 valence electrons. The van der Waals surface area contributed by atoms with Crippen LogP contribution in [0.25, 0.3) is 0 Å². The Morgan fingerprint density at radius 3 is 2.51 bits per heavy atom. The van der Waals surface area contributed by atoms with Crippen LogP contribution in [-0.4, -0.2) is 74.8 Å². The minimum Gasteiger partial charge on any atom is -0.497 e. The van der Waals surface area contributed by atoms with E-state index < -0.39 is 19.8 Å². The summed E-state index contributed by atoms with van der Waals surface area (Å²) in [6.07, 6.45) is 2.81. The molecule has 2 fully saturated rings. The van der Waals surface area contributed by atoms with Gasteiger partial charge in [0.05, 0.1) is 46.0 Å². The van der Waals surface area contributed by atoms with Crippen molar-refractivity contribution in [2.45, 2.75) is 62.6 Å². The van der Waals surface area contributed by atoms with Crippen molar-refractivity contribution in [2.75, 3.05) is 42.8 Å². The summed E-state index contributed by atoms with van der Waals surface area (Å²) in [7, 11) is -0.848. The molecule has 3 aromatic carbocycles. The van der Waals surface area contributed by atoms with E-state index in [1.165, 1.54) is 0 Å². The molecule has 0 aliphatic carbocycles. The van der Waals surface area contributed by atoms with Crippen LogP contribution >= 0.6 is 0 Å². The average molecular weight is 683 g/mol. The Bertz CT molecular complexity index is 1750. The third kappa shape index (κ3) is 5.93. The smallest absolute Gasteiger partial charge is 0.264 e. The standard InChI is InChI=1S/C38H46N4O6Si/c1-6-19-42-32-18-13-27(40-36(45)25-9-11-26(39)12-10-25)21-31(32)38(37(42)46)24(2)35(49(4,5)30-16-14-29(47-3)15-17-30)33(48-38)22-34(44)41-20-7-8-28(41)23-43/h6,9-18,21,24,28,33,35,43H,1,7-8,19-20,22-23,39H2,2-5H3,(H,40,45)/t24-,28-,33+,35-,38+/m0/s1. The molecule has 5 atom stereocenters. The van der Waals surface area contributed by atoms with Crippen molar-refractivity contribution in [3.8, 4) is 5.75 Å². The number of fused-ring (bicyclic) bond motifs is 2. The molecule has 3 aromatic rings. The van der Waals surface area contributed by atoms with Gasteiger partial charge in [-0.15, -0.1) is 6.58 Å². The SMILES string of the molecule is C=CCN1C(=O)[C@]2(O[C@H](CC(=O)N3CCC[C@H]3CO)[C@@H]([Si](C)(C)c3ccc(OC)cc3)[C@@H]2C)c2cc(NC(=O)c3ccc(N)cc3)ccc21. The number of anilines is 3. The summed E-state index contributed by atoms with van der Waals surface area (Å²) in [5, 5.41) is 14.2. The second-order valence-corrected chi connectivity index (χ2v) is 18.6. The lowest BCUT2D eigenvalue weighted by molar-refractivity contribution is -0.149. The van der Waals surface area contributed by atoms with E-state index in [1.54, 1.807) is 53.3 Å². The number of aliphatic hydroxyl groups excluding tert-OH is 1. The van der Waals surface area contributed by atoms with Gasteiger partial charge < -0.3 is 35.4 Å². The molecular weight excluding hydrogens is 637 g/mol. The van der Waals surface area contributed by atoms with Gasteiger partial charge in [-0.05, 0) is 73.0 Å². The molecule has 0 unspecified atom stereocenters. The molecule has 0 aromatic heterocycles. The zero-order chi connectivity index (χ0) is 35.1. The molecule has 0 saturated carbocycles. The maximum absolute atomic E-state index is 14.8.